The van der Waals surface area contributed by atoms with Crippen molar-refractivity contribution in [1.29, 1.82) is 0 Å². The second kappa shape index (κ2) is 6.23. The van der Waals surface area contributed by atoms with E-state index >= 15 is 0 Å². The summed E-state index contributed by atoms with van der Waals surface area (Å²) in [5, 5.41) is 9.33. The third-order valence-corrected chi connectivity index (χ3v) is 3.02. The van der Waals surface area contributed by atoms with Crippen molar-refractivity contribution in [2.24, 2.45) is 5.92 Å². The zero-order chi connectivity index (χ0) is 14.6. The number of carbonyl (C=O) groups excluding carboxylic acids is 2. The van der Waals surface area contributed by atoms with Crippen molar-refractivity contribution in [1.82, 2.24) is 4.90 Å². The van der Waals surface area contributed by atoms with E-state index < -0.39 is 11.7 Å². The number of aliphatic hydroxyl groups excluding tert-OH is 1. The summed E-state index contributed by atoms with van der Waals surface area (Å²) in [6, 6.07) is -0.287. The quantitative estimate of drug-likeness (QED) is 0.781. The lowest BCUT2D eigenvalue weighted by atomic mass is 10.0. The van der Waals surface area contributed by atoms with Crippen LogP contribution in [-0.4, -0.2) is 54.0 Å². The van der Waals surface area contributed by atoms with Gasteiger partial charge in [-0.2, -0.15) is 0 Å². The largest absolute Gasteiger partial charge is 0.469 e. The Morgan fingerprint density at radius 3 is 2.47 bits per heavy atom. The van der Waals surface area contributed by atoms with E-state index in [1.54, 1.807) is 20.8 Å². The van der Waals surface area contributed by atoms with Crippen molar-refractivity contribution in [3.05, 3.63) is 0 Å². The van der Waals surface area contributed by atoms with Gasteiger partial charge in [0.1, 0.15) is 5.60 Å². The van der Waals surface area contributed by atoms with Crippen LogP contribution in [0.25, 0.3) is 0 Å². The van der Waals surface area contributed by atoms with Gasteiger partial charge in [-0.15, -0.1) is 0 Å². The Balaban J connectivity index is 2.62. The molecule has 1 aliphatic heterocycles. The molecule has 6 heteroatoms. The van der Waals surface area contributed by atoms with E-state index in [0.717, 1.165) is 0 Å². The van der Waals surface area contributed by atoms with E-state index in [-0.39, 0.29) is 31.0 Å². The molecule has 0 aromatic heterocycles. The van der Waals surface area contributed by atoms with Crippen LogP contribution in [0.3, 0.4) is 0 Å². The maximum Gasteiger partial charge on any atom is 0.410 e. The number of methoxy groups -OCH3 is 1. The molecule has 1 rings (SSSR count). The average molecular weight is 273 g/mol. The highest BCUT2D eigenvalue weighted by Crippen LogP contribution is 2.27. The van der Waals surface area contributed by atoms with Crippen LogP contribution in [0, 0.1) is 5.92 Å². The second-order valence-corrected chi connectivity index (χ2v) is 5.85. The zero-order valence-electron chi connectivity index (χ0n) is 12.0. The molecule has 0 bridgehead atoms. The average Bonchev–Trinajstić information content (AvgIpc) is 2.69. The van der Waals surface area contributed by atoms with E-state index in [1.165, 1.54) is 12.0 Å². The van der Waals surface area contributed by atoms with Crippen LogP contribution in [0.5, 0.6) is 0 Å². The summed E-state index contributed by atoms with van der Waals surface area (Å²) in [6.07, 6.45) is 0.399. The van der Waals surface area contributed by atoms with Crippen molar-refractivity contribution < 1.29 is 24.2 Å². The molecule has 1 amide bonds. The standard InChI is InChI=1S/C13H23NO5/c1-13(2,3)19-12(17)14-7-9(5-10(14)8-15)6-11(16)18-4/h9-10,15H,5-8H2,1-4H3/t9-,10-/m0/s1. The monoisotopic (exact) mass is 273 g/mol. The fraction of sp³-hybridized carbons (Fsp3) is 0.846. The summed E-state index contributed by atoms with van der Waals surface area (Å²) in [5.74, 6) is -0.287. The molecule has 1 heterocycles. The Bertz CT molecular complexity index is 336. The molecule has 0 aliphatic carbocycles. The number of carbonyl (C=O) groups is 2. The number of ether oxygens (including phenoxy) is 2. The number of esters is 1. The third kappa shape index (κ3) is 4.70. The number of aliphatic hydroxyl groups is 1. The number of rotatable bonds is 3. The molecule has 0 unspecified atom stereocenters. The van der Waals surface area contributed by atoms with Crippen LogP contribution in [0.15, 0.2) is 0 Å². The molecule has 1 fully saturated rings. The molecule has 1 aliphatic rings. The highest BCUT2D eigenvalue weighted by atomic mass is 16.6. The van der Waals surface area contributed by atoms with Crippen LogP contribution in [-0.2, 0) is 14.3 Å². The van der Waals surface area contributed by atoms with E-state index in [4.69, 9.17) is 4.74 Å². The Hall–Kier alpha value is -1.30. The lowest BCUT2D eigenvalue weighted by Crippen LogP contribution is -2.41. The Morgan fingerprint density at radius 1 is 1.37 bits per heavy atom. The van der Waals surface area contributed by atoms with Gasteiger partial charge in [0.05, 0.1) is 26.2 Å². The minimum absolute atomic E-state index is 0.0112. The van der Waals surface area contributed by atoms with Gasteiger partial charge in [-0.1, -0.05) is 0 Å². The number of likely N-dealkylation sites (tertiary alicyclic amines) is 1. The molecule has 0 aromatic rings. The number of hydrogen-bond acceptors (Lipinski definition) is 5. The molecule has 0 saturated carbocycles. The Labute approximate surface area is 113 Å². The summed E-state index contributed by atoms with van der Waals surface area (Å²) in [7, 11) is 1.34. The summed E-state index contributed by atoms with van der Waals surface area (Å²) < 4.78 is 9.91. The predicted molar refractivity (Wildman–Crippen MR) is 68.6 cm³/mol. The van der Waals surface area contributed by atoms with Gasteiger partial charge in [0, 0.05) is 6.54 Å². The summed E-state index contributed by atoms with van der Waals surface area (Å²) >= 11 is 0. The van der Waals surface area contributed by atoms with Gasteiger partial charge in [-0.25, -0.2) is 4.79 Å². The minimum atomic E-state index is -0.572. The molecular weight excluding hydrogens is 250 g/mol. The van der Waals surface area contributed by atoms with Crippen LogP contribution in [0.4, 0.5) is 4.79 Å². The maximum absolute atomic E-state index is 12.0. The molecule has 110 valence electrons. The topological polar surface area (TPSA) is 76.1 Å². The van der Waals surface area contributed by atoms with Gasteiger partial charge in [-0.3, -0.25) is 4.79 Å². The minimum Gasteiger partial charge on any atom is -0.469 e. The summed E-state index contributed by atoms with van der Waals surface area (Å²) in [5.41, 5.74) is -0.572. The van der Waals surface area contributed by atoms with Gasteiger partial charge in [0.25, 0.3) is 0 Å². The van der Waals surface area contributed by atoms with Crippen molar-refractivity contribution in [2.45, 2.75) is 45.3 Å². The van der Waals surface area contributed by atoms with Gasteiger partial charge in [-0.05, 0) is 33.1 Å². The number of hydrogen-bond donors (Lipinski definition) is 1. The zero-order valence-corrected chi connectivity index (χ0v) is 12.0. The second-order valence-electron chi connectivity index (χ2n) is 5.85. The van der Waals surface area contributed by atoms with E-state index in [1.807, 2.05) is 0 Å². The maximum atomic E-state index is 12.0. The van der Waals surface area contributed by atoms with Crippen molar-refractivity contribution in [3.8, 4) is 0 Å². The van der Waals surface area contributed by atoms with E-state index in [9.17, 15) is 14.7 Å². The lowest BCUT2D eigenvalue weighted by molar-refractivity contribution is -0.141. The molecule has 6 nitrogen and oxygen atoms in total. The van der Waals surface area contributed by atoms with Crippen molar-refractivity contribution >= 4 is 12.1 Å². The normalized spacial score (nSPS) is 23.3. The molecule has 0 aromatic carbocycles. The molecule has 19 heavy (non-hydrogen) atoms. The fourth-order valence-corrected chi connectivity index (χ4v) is 2.20. The van der Waals surface area contributed by atoms with Gasteiger partial charge in [0.2, 0.25) is 0 Å². The highest BCUT2D eigenvalue weighted by Gasteiger charge is 2.37. The molecule has 1 N–H and O–H groups in total. The summed E-state index contributed by atoms with van der Waals surface area (Å²) in [6.45, 7) is 5.66. The van der Waals surface area contributed by atoms with Crippen LogP contribution < -0.4 is 0 Å². The van der Waals surface area contributed by atoms with Crippen molar-refractivity contribution in [3.63, 3.8) is 0 Å². The van der Waals surface area contributed by atoms with Crippen molar-refractivity contribution in [2.75, 3.05) is 20.3 Å². The first-order valence-corrected chi connectivity index (χ1v) is 6.44. The van der Waals surface area contributed by atoms with E-state index in [2.05, 4.69) is 4.74 Å². The molecule has 1 saturated heterocycles. The first-order valence-electron chi connectivity index (χ1n) is 6.44. The Kier molecular flexibility index (Phi) is 5.17. The third-order valence-electron chi connectivity index (χ3n) is 3.02. The fourth-order valence-electron chi connectivity index (χ4n) is 2.20. The van der Waals surface area contributed by atoms with Gasteiger partial charge >= 0.3 is 12.1 Å². The first-order chi connectivity index (χ1) is 8.76. The first kappa shape index (κ1) is 15.8. The van der Waals surface area contributed by atoms with Crippen LogP contribution >= 0.6 is 0 Å². The molecule has 0 radical (unpaired) electrons. The summed E-state index contributed by atoms with van der Waals surface area (Å²) in [4.78, 5) is 24.8. The highest BCUT2D eigenvalue weighted by molar-refractivity contribution is 5.71. The smallest absolute Gasteiger partial charge is 0.410 e. The predicted octanol–water partition coefficient (Wildman–Crippen LogP) is 1.17. The number of amides is 1. The van der Waals surface area contributed by atoms with Gasteiger partial charge in [0.15, 0.2) is 0 Å². The van der Waals surface area contributed by atoms with Crippen LogP contribution in [0.1, 0.15) is 33.6 Å². The lowest BCUT2D eigenvalue weighted by Gasteiger charge is -2.27. The van der Waals surface area contributed by atoms with E-state index in [0.29, 0.717) is 13.0 Å². The molecule has 0 spiro atoms. The SMILES string of the molecule is COC(=O)C[C@@H]1C[C@@H](CO)N(C(=O)OC(C)(C)C)C1. The molecular formula is C13H23NO5. The Morgan fingerprint density at radius 2 is 2.00 bits per heavy atom. The molecule has 2 atom stereocenters. The van der Waals surface area contributed by atoms with Gasteiger partial charge < -0.3 is 19.5 Å². The van der Waals surface area contributed by atoms with Crippen LogP contribution in [0.2, 0.25) is 0 Å². The number of nitrogens with zero attached hydrogens (tertiary/aromatic N) is 1.